The van der Waals surface area contributed by atoms with E-state index in [0.29, 0.717) is 0 Å². The molecule has 1 heterocycles. The number of carbonyl (C=O) groups is 3. The molecule has 0 spiro atoms. The largest absolute Gasteiger partial charge is 0.469 e. The van der Waals surface area contributed by atoms with E-state index in [9.17, 15) is 14.4 Å². The van der Waals surface area contributed by atoms with Gasteiger partial charge in [-0.05, 0) is 69.5 Å². The van der Waals surface area contributed by atoms with Crippen LogP contribution in [0.2, 0.25) is 36.3 Å². The number of carbonyl (C=O) groups excluding carboxylic acids is 3. The monoisotopic (exact) mass is 686 g/mol. The third kappa shape index (κ3) is 10.7. The number of rotatable bonds is 17. The second kappa shape index (κ2) is 17.7. The van der Waals surface area contributed by atoms with Crippen molar-refractivity contribution in [1.82, 2.24) is 0 Å². The first-order valence-corrected chi connectivity index (χ1v) is 22.8. The number of methoxy groups -OCH3 is 1. The highest BCUT2D eigenvalue weighted by atomic mass is 28.4. The fourth-order valence-electron chi connectivity index (χ4n) is 6.30. The highest BCUT2D eigenvalue weighted by Crippen LogP contribution is 2.45. The summed E-state index contributed by atoms with van der Waals surface area (Å²) in [5, 5.41) is 0.0428. The number of hydrogen-bond acceptors (Lipinski definition) is 9. The molecule has 0 aromatic carbocycles. The van der Waals surface area contributed by atoms with E-state index < -0.39 is 70.5 Å². The molecule has 0 saturated carbocycles. The maximum absolute atomic E-state index is 13.4. The SMILES string of the molecule is CCCC[C@@H](/C=C/C(=O)O[C@@H]1[C@@H](C)[C@H](O[Si](CC)(CC)CC)[C@@](C)([C@@H](OC(C)=O)[C@@H](C)C(=O)OC)O[C@H]1C)O[Si](C)(C)C(C)(C)C. The third-order valence-corrected chi connectivity index (χ3v) is 19.6. The summed E-state index contributed by atoms with van der Waals surface area (Å²) in [7, 11) is -3.02. The molecular weight excluding hydrogens is 621 g/mol. The lowest BCUT2D eigenvalue weighted by atomic mass is 9.74. The molecule has 9 nitrogen and oxygen atoms in total. The summed E-state index contributed by atoms with van der Waals surface area (Å²) in [6, 6.07) is 2.63. The summed E-state index contributed by atoms with van der Waals surface area (Å²) in [6.07, 6.45) is 3.15. The Labute approximate surface area is 282 Å². The maximum atomic E-state index is 13.4. The standard InChI is InChI=1S/C35H66O9Si2/c1-16-20-21-28(43-45(14,15)34(9,10)11)22-23-29(37)41-30-24(5)32(44-46(17-2,18-3)19-4)35(12,42-26(30)7)31(40-27(8)36)25(6)33(38)39-13/h22-26,28,30-32H,16-21H2,1-15H3/b23-22+/t24-,25-,26+,28+,30-,31+,32+,35-/m1/s1. The van der Waals surface area contributed by atoms with Crippen LogP contribution in [-0.2, 0) is 42.2 Å². The Balaban J connectivity index is 3.52. The van der Waals surface area contributed by atoms with E-state index in [-0.39, 0.29) is 17.1 Å². The minimum atomic E-state index is -2.27. The van der Waals surface area contributed by atoms with Gasteiger partial charge in [0.1, 0.15) is 17.8 Å². The fraction of sp³-hybridized carbons (Fsp3) is 0.857. The maximum Gasteiger partial charge on any atom is 0.330 e. The van der Waals surface area contributed by atoms with Gasteiger partial charge >= 0.3 is 17.9 Å². The second-order valence-corrected chi connectivity index (χ2v) is 24.3. The zero-order valence-corrected chi connectivity index (χ0v) is 33.6. The van der Waals surface area contributed by atoms with Crippen LogP contribution in [0.4, 0.5) is 0 Å². The molecule has 0 bridgehead atoms. The van der Waals surface area contributed by atoms with Gasteiger partial charge in [0.25, 0.3) is 0 Å². The summed E-state index contributed by atoms with van der Waals surface area (Å²) in [6.45, 7) is 28.3. The number of esters is 3. The first kappa shape index (κ1) is 42.5. The lowest BCUT2D eigenvalue weighted by Crippen LogP contribution is -2.69. The van der Waals surface area contributed by atoms with Crippen molar-refractivity contribution in [2.75, 3.05) is 7.11 Å². The van der Waals surface area contributed by atoms with Crippen LogP contribution < -0.4 is 0 Å². The van der Waals surface area contributed by atoms with E-state index in [1.165, 1.54) is 20.1 Å². The van der Waals surface area contributed by atoms with Gasteiger partial charge in [0.2, 0.25) is 0 Å². The van der Waals surface area contributed by atoms with Crippen LogP contribution in [0.5, 0.6) is 0 Å². The van der Waals surface area contributed by atoms with Crippen LogP contribution in [0.3, 0.4) is 0 Å². The molecule has 46 heavy (non-hydrogen) atoms. The van der Waals surface area contributed by atoms with Crippen molar-refractivity contribution in [1.29, 1.82) is 0 Å². The van der Waals surface area contributed by atoms with Gasteiger partial charge in [0, 0.05) is 18.9 Å². The molecule has 268 valence electrons. The zero-order chi connectivity index (χ0) is 35.7. The second-order valence-electron chi connectivity index (χ2n) is 14.8. The van der Waals surface area contributed by atoms with Gasteiger partial charge in [-0.2, -0.15) is 0 Å². The Morgan fingerprint density at radius 3 is 2.04 bits per heavy atom. The molecule has 1 saturated heterocycles. The van der Waals surface area contributed by atoms with Gasteiger partial charge in [-0.15, -0.1) is 0 Å². The molecule has 1 aliphatic rings. The average Bonchev–Trinajstić information content (AvgIpc) is 2.98. The van der Waals surface area contributed by atoms with E-state index in [4.69, 9.17) is 27.8 Å². The van der Waals surface area contributed by atoms with Gasteiger partial charge < -0.3 is 27.8 Å². The summed E-state index contributed by atoms with van der Waals surface area (Å²) in [5.41, 5.74) is -1.23. The number of hydrogen-bond donors (Lipinski definition) is 0. The fourth-order valence-corrected chi connectivity index (χ4v) is 10.6. The Kier molecular flexibility index (Phi) is 16.4. The molecule has 0 aromatic rings. The van der Waals surface area contributed by atoms with Crippen LogP contribution >= 0.6 is 0 Å². The van der Waals surface area contributed by atoms with E-state index in [1.54, 1.807) is 6.92 Å². The Morgan fingerprint density at radius 2 is 1.59 bits per heavy atom. The molecule has 0 aliphatic carbocycles. The molecular formula is C35H66O9Si2. The lowest BCUT2D eigenvalue weighted by Gasteiger charge is -2.55. The zero-order valence-electron chi connectivity index (χ0n) is 31.6. The Hall–Kier alpha value is -1.54. The molecule has 0 aromatic heterocycles. The number of unbranched alkanes of at least 4 members (excludes halogenated alkanes) is 1. The number of ether oxygens (including phenoxy) is 4. The summed E-state index contributed by atoms with van der Waals surface area (Å²) in [5.74, 6) is -2.69. The van der Waals surface area contributed by atoms with E-state index in [0.717, 1.165) is 37.4 Å². The lowest BCUT2D eigenvalue weighted by molar-refractivity contribution is -0.275. The van der Waals surface area contributed by atoms with Crippen molar-refractivity contribution in [3.05, 3.63) is 12.2 Å². The normalized spacial score (nSPS) is 26.3. The van der Waals surface area contributed by atoms with Crippen LogP contribution in [-0.4, -0.2) is 77.8 Å². The topological polar surface area (TPSA) is 107 Å². The van der Waals surface area contributed by atoms with E-state index in [2.05, 4.69) is 61.6 Å². The van der Waals surface area contributed by atoms with Crippen molar-refractivity contribution in [2.24, 2.45) is 11.8 Å². The molecule has 0 radical (unpaired) electrons. The minimum absolute atomic E-state index is 0.0428. The van der Waals surface area contributed by atoms with Crippen LogP contribution in [0.1, 0.15) is 102 Å². The Morgan fingerprint density at radius 1 is 1.02 bits per heavy atom. The molecule has 1 aliphatic heterocycles. The van der Waals surface area contributed by atoms with Crippen molar-refractivity contribution in [3.63, 3.8) is 0 Å². The van der Waals surface area contributed by atoms with E-state index in [1.807, 2.05) is 26.8 Å². The molecule has 11 heteroatoms. The first-order chi connectivity index (χ1) is 21.2. The van der Waals surface area contributed by atoms with Gasteiger partial charge in [-0.3, -0.25) is 9.59 Å². The van der Waals surface area contributed by atoms with Crippen molar-refractivity contribution < 1.29 is 42.2 Å². The van der Waals surface area contributed by atoms with Crippen LogP contribution in [0, 0.1) is 11.8 Å². The first-order valence-electron chi connectivity index (χ1n) is 17.4. The molecule has 0 unspecified atom stereocenters. The van der Waals surface area contributed by atoms with Crippen molar-refractivity contribution in [3.8, 4) is 0 Å². The summed E-state index contributed by atoms with van der Waals surface area (Å²) >= 11 is 0. The smallest absolute Gasteiger partial charge is 0.330 e. The molecule has 1 fully saturated rings. The summed E-state index contributed by atoms with van der Waals surface area (Å²) < 4.78 is 37.5. The van der Waals surface area contributed by atoms with Crippen LogP contribution in [0.25, 0.3) is 0 Å². The predicted octanol–water partition coefficient (Wildman–Crippen LogP) is 7.98. The molecule has 1 rings (SSSR count). The van der Waals surface area contributed by atoms with Gasteiger partial charge in [-0.1, -0.05) is 68.2 Å². The van der Waals surface area contributed by atoms with Crippen LogP contribution in [0.15, 0.2) is 12.2 Å². The third-order valence-electron chi connectivity index (χ3n) is 10.5. The average molecular weight is 687 g/mol. The molecule has 8 atom stereocenters. The quantitative estimate of drug-likeness (QED) is 0.0652. The predicted molar refractivity (Wildman–Crippen MR) is 188 cm³/mol. The highest BCUT2D eigenvalue weighted by Gasteiger charge is 2.59. The van der Waals surface area contributed by atoms with E-state index >= 15 is 0 Å². The summed E-state index contributed by atoms with van der Waals surface area (Å²) in [4.78, 5) is 38.6. The Bertz CT molecular complexity index is 1010. The van der Waals surface area contributed by atoms with Crippen molar-refractivity contribution >= 4 is 34.5 Å². The minimum Gasteiger partial charge on any atom is -0.469 e. The van der Waals surface area contributed by atoms with Gasteiger partial charge in [0.05, 0.1) is 31.3 Å². The van der Waals surface area contributed by atoms with Crippen molar-refractivity contribution in [2.45, 2.75) is 175 Å². The van der Waals surface area contributed by atoms with Gasteiger partial charge in [-0.25, -0.2) is 4.79 Å². The van der Waals surface area contributed by atoms with Gasteiger partial charge in [0.15, 0.2) is 16.6 Å². The molecule has 0 N–H and O–H groups in total. The highest BCUT2D eigenvalue weighted by molar-refractivity contribution is 6.74. The molecule has 0 amide bonds.